The summed E-state index contributed by atoms with van der Waals surface area (Å²) < 4.78 is 2.05. The quantitative estimate of drug-likeness (QED) is 0.471. The Hall–Kier alpha value is -4.25. The molecule has 8 heteroatoms. The van der Waals surface area contributed by atoms with E-state index in [2.05, 4.69) is 35.9 Å². The van der Waals surface area contributed by atoms with Gasteiger partial charge in [0.2, 0.25) is 0 Å². The molecular formula is C22H20N8. The lowest BCUT2D eigenvalue weighted by Crippen LogP contribution is -2.09. The molecule has 8 nitrogen and oxygen atoms in total. The van der Waals surface area contributed by atoms with Crippen LogP contribution >= 0.6 is 0 Å². The molecule has 0 unspecified atom stereocenters. The molecule has 0 atom stereocenters. The molecule has 3 heterocycles. The van der Waals surface area contributed by atoms with Crippen molar-refractivity contribution in [3.05, 3.63) is 72.6 Å². The average molecular weight is 396 g/mol. The number of hydrogen-bond acceptors (Lipinski definition) is 6. The summed E-state index contributed by atoms with van der Waals surface area (Å²) >= 11 is 0. The number of anilines is 1. The number of H-pyrrole nitrogens is 1. The lowest BCUT2D eigenvalue weighted by Gasteiger charge is -2.11. The van der Waals surface area contributed by atoms with Crippen molar-refractivity contribution in [2.45, 2.75) is 20.4 Å². The standard InChI is InChI=1S/C20H14N8.C2H6/c21-9-13-6-7-15-16(8-13)28(14-4-2-1-3-5-14)17(27-15)10-22-19-18-20(24-11-23-18)26-12-25-19;1-2/h1-8,11-12H,10H2,(H2,22,23,24,25,26);1-2H3. The Balaban J connectivity index is 0.00000106. The first-order valence-corrected chi connectivity index (χ1v) is 9.68. The molecule has 0 bridgehead atoms. The van der Waals surface area contributed by atoms with Crippen molar-refractivity contribution in [2.24, 2.45) is 0 Å². The molecule has 3 aromatic heterocycles. The van der Waals surface area contributed by atoms with Crippen molar-refractivity contribution in [2.75, 3.05) is 5.32 Å². The van der Waals surface area contributed by atoms with Crippen molar-refractivity contribution in [3.8, 4) is 11.8 Å². The fourth-order valence-electron chi connectivity index (χ4n) is 3.24. The second-order valence-corrected chi connectivity index (χ2v) is 6.19. The Labute approximate surface area is 173 Å². The monoisotopic (exact) mass is 396 g/mol. The van der Waals surface area contributed by atoms with E-state index >= 15 is 0 Å². The molecule has 0 aliphatic heterocycles. The Bertz CT molecular complexity index is 1330. The normalized spacial score (nSPS) is 10.4. The van der Waals surface area contributed by atoms with Crippen LogP contribution in [0.5, 0.6) is 0 Å². The number of nitriles is 1. The van der Waals surface area contributed by atoms with E-state index in [9.17, 15) is 5.26 Å². The van der Waals surface area contributed by atoms with Gasteiger partial charge < -0.3 is 10.3 Å². The topological polar surface area (TPSA) is 108 Å². The van der Waals surface area contributed by atoms with Gasteiger partial charge in [0.1, 0.15) is 17.7 Å². The van der Waals surface area contributed by atoms with Gasteiger partial charge in [-0.05, 0) is 30.3 Å². The van der Waals surface area contributed by atoms with E-state index in [1.54, 1.807) is 12.4 Å². The Morgan fingerprint density at radius 2 is 1.90 bits per heavy atom. The molecule has 0 saturated heterocycles. The minimum absolute atomic E-state index is 0.441. The molecule has 0 aliphatic carbocycles. The number of benzene rings is 2. The van der Waals surface area contributed by atoms with Crippen LogP contribution in [0.4, 0.5) is 5.82 Å². The molecule has 5 rings (SSSR count). The van der Waals surface area contributed by atoms with Gasteiger partial charge in [-0.25, -0.2) is 19.9 Å². The summed E-state index contributed by atoms with van der Waals surface area (Å²) in [7, 11) is 0. The van der Waals surface area contributed by atoms with Gasteiger partial charge in [-0.3, -0.25) is 4.57 Å². The van der Waals surface area contributed by atoms with Crippen LogP contribution in [0.3, 0.4) is 0 Å². The summed E-state index contributed by atoms with van der Waals surface area (Å²) in [4.78, 5) is 20.4. The number of nitrogens with one attached hydrogen (secondary N) is 2. The summed E-state index contributed by atoms with van der Waals surface area (Å²) in [5, 5.41) is 12.6. The van der Waals surface area contributed by atoms with Gasteiger partial charge in [0.15, 0.2) is 11.5 Å². The minimum Gasteiger partial charge on any atom is -0.361 e. The first-order chi connectivity index (χ1) is 14.8. The van der Waals surface area contributed by atoms with E-state index < -0.39 is 0 Å². The third-order valence-electron chi connectivity index (χ3n) is 4.50. The van der Waals surface area contributed by atoms with Crippen LogP contribution in [0, 0.1) is 11.3 Å². The van der Waals surface area contributed by atoms with Crippen LogP contribution in [0.1, 0.15) is 25.2 Å². The second kappa shape index (κ2) is 8.41. The van der Waals surface area contributed by atoms with Gasteiger partial charge in [-0.15, -0.1) is 0 Å². The molecule has 0 aliphatic rings. The predicted octanol–water partition coefficient (Wildman–Crippen LogP) is 4.20. The van der Waals surface area contributed by atoms with Gasteiger partial charge >= 0.3 is 0 Å². The molecule has 2 N–H and O–H groups in total. The van der Waals surface area contributed by atoms with Gasteiger partial charge in [-0.1, -0.05) is 32.0 Å². The molecule has 0 saturated carbocycles. The highest BCUT2D eigenvalue weighted by molar-refractivity contribution is 5.82. The molecule has 2 aromatic carbocycles. The molecule has 30 heavy (non-hydrogen) atoms. The highest BCUT2D eigenvalue weighted by atomic mass is 15.1. The summed E-state index contributed by atoms with van der Waals surface area (Å²) in [6.45, 7) is 4.44. The first kappa shape index (κ1) is 19.1. The second-order valence-electron chi connectivity index (χ2n) is 6.19. The van der Waals surface area contributed by atoms with E-state index in [1.165, 1.54) is 6.33 Å². The number of aromatic nitrogens is 6. The van der Waals surface area contributed by atoms with Gasteiger partial charge in [0, 0.05) is 5.69 Å². The maximum absolute atomic E-state index is 9.28. The molecule has 0 spiro atoms. The number of imidazole rings is 2. The summed E-state index contributed by atoms with van der Waals surface area (Å²) in [6.07, 6.45) is 3.07. The summed E-state index contributed by atoms with van der Waals surface area (Å²) in [5.74, 6) is 1.47. The van der Waals surface area contributed by atoms with Gasteiger partial charge in [-0.2, -0.15) is 5.26 Å². The van der Waals surface area contributed by atoms with E-state index in [-0.39, 0.29) is 0 Å². The van der Waals surface area contributed by atoms with E-state index in [0.29, 0.717) is 23.6 Å². The smallest absolute Gasteiger partial charge is 0.182 e. The Kier molecular flexibility index (Phi) is 5.35. The van der Waals surface area contributed by atoms with Crippen molar-refractivity contribution in [3.63, 3.8) is 0 Å². The van der Waals surface area contributed by atoms with Gasteiger partial charge in [0.05, 0.1) is 35.5 Å². The largest absolute Gasteiger partial charge is 0.361 e. The summed E-state index contributed by atoms with van der Waals surface area (Å²) in [5.41, 5.74) is 4.64. The zero-order valence-electron chi connectivity index (χ0n) is 16.7. The third-order valence-corrected chi connectivity index (χ3v) is 4.50. The van der Waals surface area contributed by atoms with E-state index in [0.717, 1.165) is 28.1 Å². The molecule has 5 aromatic rings. The van der Waals surface area contributed by atoms with Crippen molar-refractivity contribution in [1.29, 1.82) is 5.26 Å². The van der Waals surface area contributed by atoms with Crippen LogP contribution in [0.2, 0.25) is 0 Å². The highest BCUT2D eigenvalue weighted by Crippen LogP contribution is 2.24. The maximum atomic E-state index is 9.28. The first-order valence-electron chi connectivity index (χ1n) is 9.68. The summed E-state index contributed by atoms with van der Waals surface area (Å²) in [6, 6.07) is 17.7. The maximum Gasteiger partial charge on any atom is 0.182 e. The molecule has 148 valence electrons. The van der Waals surface area contributed by atoms with Crippen LogP contribution in [0.25, 0.3) is 27.9 Å². The molecular weight excluding hydrogens is 376 g/mol. The third kappa shape index (κ3) is 3.44. The zero-order valence-corrected chi connectivity index (χ0v) is 16.7. The van der Waals surface area contributed by atoms with Crippen molar-refractivity contribution < 1.29 is 0 Å². The van der Waals surface area contributed by atoms with Crippen molar-refractivity contribution in [1.82, 2.24) is 29.5 Å². The Morgan fingerprint density at radius 3 is 2.70 bits per heavy atom. The SMILES string of the molecule is CC.N#Cc1ccc2nc(CNc3ncnc4nc[nH]c34)n(-c3ccccc3)c2c1. The number of aromatic amines is 1. The number of rotatable bonds is 4. The van der Waals surface area contributed by atoms with Crippen LogP contribution in [0.15, 0.2) is 61.2 Å². The fraction of sp³-hybridized carbons (Fsp3) is 0.136. The molecule has 0 radical (unpaired) electrons. The minimum atomic E-state index is 0.441. The number of hydrogen-bond donors (Lipinski definition) is 2. The van der Waals surface area contributed by atoms with Crippen LogP contribution < -0.4 is 5.32 Å². The molecule has 0 fully saturated rings. The number of fused-ring (bicyclic) bond motifs is 2. The Morgan fingerprint density at radius 1 is 1.07 bits per heavy atom. The van der Waals surface area contributed by atoms with Crippen molar-refractivity contribution >= 4 is 28.0 Å². The fourth-order valence-corrected chi connectivity index (χ4v) is 3.24. The predicted molar refractivity (Wildman–Crippen MR) is 116 cm³/mol. The molecule has 0 amide bonds. The number of nitrogens with zero attached hydrogens (tertiary/aromatic N) is 6. The van der Waals surface area contributed by atoms with Gasteiger partial charge in [0.25, 0.3) is 0 Å². The van der Waals surface area contributed by atoms with E-state index in [4.69, 9.17) is 4.98 Å². The lowest BCUT2D eigenvalue weighted by atomic mass is 10.2. The van der Waals surface area contributed by atoms with E-state index in [1.807, 2.05) is 56.3 Å². The average Bonchev–Trinajstić information content (AvgIpc) is 3.43. The lowest BCUT2D eigenvalue weighted by molar-refractivity contribution is 0.911. The van der Waals surface area contributed by atoms with Crippen LogP contribution in [-0.4, -0.2) is 29.5 Å². The van der Waals surface area contributed by atoms with Crippen LogP contribution in [-0.2, 0) is 6.54 Å². The highest BCUT2D eigenvalue weighted by Gasteiger charge is 2.14. The number of para-hydroxylation sites is 1. The zero-order chi connectivity index (χ0) is 20.9.